The number of hydrogen-bond acceptors (Lipinski definition) is 5. The summed E-state index contributed by atoms with van der Waals surface area (Å²) in [6.07, 6.45) is -2.39. The van der Waals surface area contributed by atoms with E-state index in [1.54, 1.807) is 0 Å². The number of aliphatic imine (C=N–C) groups is 1. The summed E-state index contributed by atoms with van der Waals surface area (Å²) in [5, 5.41) is 10.9. The molecule has 2 aromatic carbocycles. The molecule has 1 heterocycles. The van der Waals surface area contributed by atoms with Gasteiger partial charge in [0.25, 0.3) is 5.69 Å². The molecule has 0 fully saturated rings. The summed E-state index contributed by atoms with van der Waals surface area (Å²) < 4.78 is 37.9. The first-order valence-electron chi connectivity index (χ1n) is 7.49. The second kappa shape index (κ2) is 6.58. The molecule has 1 unspecified atom stereocenters. The standard InChI is InChI=1S/C17H12F3N3O3/c18-17(19,20)12-3-1-11(2-4-12)8-22-10-21-15-6-5-13(23(25)26)7-14(15)16(22)9-24/h1-7,9-10,16H,8H2. The molecule has 0 amide bonds. The Morgan fingerprint density at radius 3 is 2.46 bits per heavy atom. The number of benzene rings is 2. The lowest BCUT2D eigenvalue weighted by Gasteiger charge is -2.30. The van der Waals surface area contributed by atoms with Crippen LogP contribution in [0.15, 0.2) is 47.5 Å². The van der Waals surface area contributed by atoms with Crippen LogP contribution in [0.3, 0.4) is 0 Å². The van der Waals surface area contributed by atoms with Gasteiger partial charge in [0.15, 0.2) is 0 Å². The van der Waals surface area contributed by atoms with Crippen LogP contribution in [0.4, 0.5) is 24.5 Å². The fraction of sp³-hybridized carbons (Fsp3) is 0.176. The maximum atomic E-state index is 12.6. The zero-order valence-electron chi connectivity index (χ0n) is 13.2. The number of alkyl halides is 3. The molecule has 1 atom stereocenters. The zero-order valence-corrected chi connectivity index (χ0v) is 13.2. The number of fused-ring (bicyclic) bond motifs is 1. The van der Waals surface area contributed by atoms with E-state index in [1.807, 2.05) is 0 Å². The van der Waals surface area contributed by atoms with Gasteiger partial charge in [0.1, 0.15) is 12.3 Å². The van der Waals surface area contributed by atoms with Crippen LogP contribution in [0.25, 0.3) is 0 Å². The number of nitro groups is 1. The predicted octanol–water partition coefficient (Wildman–Crippen LogP) is 4.03. The van der Waals surface area contributed by atoms with E-state index < -0.39 is 22.7 Å². The van der Waals surface area contributed by atoms with Gasteiger partial charge in [-0.1, -0.05) is 12.1 Å². The largest absolute Gasteiger partial charge is 0.416 e. The Morgan fingerprint density at radius 1 is 1.19 bits per heavy atom. The van der Waals surface area contributed by atoms with Gasteiger partial charge < -0.3 is 9.69 Å². The second-order valence-corrected chi connectivity index (χ2v) is 5.69. The van der Waals surface area contributed by atoms with E-state index in [9.17, 15) is 28.1 Å². The molecule has 0 saturated carbocycles. The van der Waals surface area contributed by atoms with E-state index in [2.05, 4.69) is 4.99 Å². The van der Waals surface area contributed by atoms with Crippen LogP contribution < -0.4 is 0 Å². The van der Waals surface area contributed by atoms with Gasteiger partial charge in [-0.05, 0) is 23.8 Å². The molecule has 26 heavy (non-hydrogen) atoms. The van der Waals surface area contributed by atoms with Crippen LogP contribution in [0.2, 0.25) is 0 Å². The molecule has 1 aliphatic heterocycles. The van der Waals surface area contributed by atoms with Crippen molar-refractivity contribution in [1.29, 1.82) is 0 Å². The van der Waals surface area contributed by atoms with Crippen LogP contribution in [-0.4, -0.2) is 22.4 Å². The third-order valence-electron chi connectivity index (χ3n) is 4.02. The average Bonchev–Trinajstić information content (AvgIpc) is 2.60. The van der Waals surface area contributed by atoms with Gasteiger partial charge in [0.2, 0.25) is 0 Å². The number of hydrogen-bond donors (Lipinski definition) is 0. The van der Waals surface area contributed by atoms with Gasteiger partial charge in [-0.2, -0.15) is 13.2 Å². The van der Waals surface area contributed by atoms with Crippen molar-refractivity contribution in [2.24, 2.45) is 4.99 Å². The van der Waals surface area contributed by atoms with E-state index in [0.29, 0.717) is 23.1 Å². The van der Waals surface area contributed by atoms with E-state index in [0.717, 1.165) is 12.1 Å². The third kappa shape index (κ3) is 3.41. The Bertz CT molecular complexity index is 879. The van der Waals surface area contributed by atoms with E-state index in [-0.39, 0.29) is 12.2 Å². The minimum atomic E-state index is -4.42. The van der Waals surface area contributed by atoms with Gasteiger partial charge in [0, 0.05) is 24.2 Å². The van der Waals surface area contributed by atoms with Crippen molar-refractivity contribution >= 4 is 24.0 Å². The van der Waals surface area contributed by atoms with E-state index >= 15 is 0 Å². The minimum Gasteiger partial charge on any atom is -0.344 e. The first-order valence-corrected chi connectivity index (χ1v) is 7.49. The van der Waals surface area contributed by atoms with Crippen LogP contribution in [-0.2, 0) is 17.5 Å². The van der Waals surface area contributed by atoms with Gasteiger partial charge >= 0.3 is 6.18 Å². The molecule has 0 aromatic heterocycles. The Balaban J connectivity index is 1.86. The highest BCUT2D eigenvalue weighted by Crippen LogP contribution is 2.35. The summed E-state index contributed by atoms with van der Waals surface area (Å²) in [7, 11) is 0. The smallest absolute Gasteiger partial charge is 0.344 e. The average molecular weight is 363 g/mol. The van der Waals surface area contributed by atoms with Crippen molar-refractivity contribution in [2.75, 3.05) is 0 Å². The fourth-order valence-electron chi connectivity index (χ4n) is 2.70. The normalized spacial score (nSPS) is 16.3. The molecular weight excluding hydrogens is 351 g/mol. The van der Waals surface area contributed by atoms with Crippen molar-refractivity contribution in [2.45, 2.75) is 18.8 Å². The topological polar surface area (TPSA) is 75.8 Å². The molecule has 3 rings (SSSR count). The molecule has 0 bridgehead atoms. The summed E-state index contributed by atoms with van der Waals surface area (Å²) in [5.74, 6) is 0. The first kappa shape index (κ1) is 17.6. The lowest BCUT2D eigenvalue weighted by molar-refractivity contribution is -0.384. The summed E-state index contributed by atoms with van der Waals surface area (Å²) >= 11 is 0. The zero-order chi connectivity index (χ0) is 18.9. The van der Waals surface area contributed by atoms with Crippen molar-refractivity contribution in [3.63, 3.8) is 0 Å². The van der Waals surface area contributed by atoms with Gasteiger partial charge in [-0.15, -0.1) is 0 Å². The molecule has 9 heteroatoms. The number of carbonyl (C=O) groups excluding carboxylic acids is 1. The van der Waals surface area contributed by atoms with Gasteiger partial charge in [0.05, 0.1) is 22.5 Å². The van der Waals surface area contributed by atoms with Crippen LogP contribution >= 0.6 is 0 Å². The summed E-state index contributed by atoms with van der Waals surface area (Å²) in [4.78, 5) is 27.6. The van der Waals surface area contributed by atoms with Crippen molar-refractivity contribution in [3.8, 4) is 0 Å². The maximum Gasteiger partial charge on any atom is 0.416 e. The number of non-ortho nitro benzene ring substituents is 1. The van der Waals surface area contributed by atoms with Crippen molar-refractivity contribution in [3.05, 3.63) is 69.3 Å². The number of nitrogens with zero attached hydrogens (tertiary/aromatic N) is 3. The second-order valence-electron chi connectivity index (χ2n) is 5.69. The Kier molecular flexibility index (Phi) is 4.45. The summed E-state index contributed by atoms with van der Waals surface area (Å²) in [6, 6.07) is 7.79. The molecule has 134 valence electrons. The fourth-order valence-corrected chi connectivity index (χ4v) is 2.70. The molecule has 0 saturated heterocycles. The van der Waals surface area contributed by atoms with Crippen LogP contribution in [0, 0.1) is 10.1 Å². The number of halogens is 3. The number of rotatable bonds is 4. The van der Waals surface area contributed by atoms with Crippen molar-refractivity contribution < 1.29 is 22.9 Å². The summed E-state index contributed by atoms with van der Waals surface area (Å²) in [6.45, 7) is 0.132. The van der Waals surface area contributed by atoms with E-state index in [4.69, 9.17) is 0 Å². The third-order valence-corrected chi connectivity index (χ3v) is 4.02. The van der Waals surface area contributed by atoms with Gasteiger partial charge in [-0.25, -0.2) is 4.99 Å². The molecule has 6 nitrogen and oxygen atoms in total. The summed E-state index contributed by atoms with van der Waals surface area (Å²) in [5.41, 5.74) is 0.439. The number of nitro benzene ring substituents is 1. The molecule has 0 spiro atoms. The van der Waals surface area contributed by atoms with E-state index in [1.165, 1.54) is 41.6 Å². The predicted molar refractivity (Wildman–Crippen MR) is 87.0 cm³/mol. The lowest BCUT2D eigenvalue weighted by atomic mass is 10.0. The highest BCUT2D eigenvalue weighted by Gasteiger charge is 2.30. The Morgan fingerprint density at radius 2 is 1.88 bits per heavy atom. The molecule has 2 aromatic rings. The van der Waals surface area contributed by atoms with Crippen LogP contribution in [0.5, 0.6) is 0 Å². The monoisotopic (exact) mass is 363 g/mol. The lowest BCUT2D eigenvalue weighted by Crippen LogP contribution is -2.30. The maximum absolute atomic E-state index is 12.6. The Labute approximate surface area is 145 Å². The number of aldehydes is 1. The highest BCUT2D eigenvalue weighted by atomic mass is 19.4. The number of carbonyl (C=O) groups is 1. The quantitative estimate of drug-likeness (QED) is 0.467. The molecule has 0 radical (unpaired) electrons. The van der Waals surface area contributed by atoms with Gasteiger partial charge in [-0.3, -0.25) is 10.1 Å². The molecule has 0 N–H and O–H groups in total. The SMILES string of the molecule is O=CC1c2cc([N+](=O)[O-])ccc2N=CN1Cc1ccc(C(F)(F)F)cc1. The first-order chi connectivity index (χ1) is 12.3. The minimum absolute atomic E-state index is 0.132. The molecular formula is C17H12F3N3O3. The molecule has 0 aliphatic carbocycles. The van der Waals surface area contributed by atoms with Crippen LogP contribution in [0.1, 0.15) is 22.7 Å². The Hall–Kier alpha value is -3.23. The molecule has 1 aliphatic rings. The van der Waals surface area contributed by atoms with Crippen molar-refractivity contribution in [1.82, 2.24) is 4.90 Å². The highest BCUT2D eigenvalue weighted by molar-refractivity contribution is 5.78.